The molecule has 0 radical (unpaired) electrons. The third-order valence-corrected chi connectivity index (χ3v) is 5.64. The number of benzene rings is 1. The van der Waals surface area contributed by atoms with Crippen LogP contribution in [0.3, 0.4) is 0 Å². The summed E-state index contributed by atoms with van der Waals surface area (Å²) in [6.07, 6.45) is -1.05. The van der Waals surface area contributed by atoms with Gasteiger partial charge in [-0.25, -0.2) is 0 Å². The molecule has 152 valence electrons. The fourth-order valence-electron chi connectivity index (χ4n) is 2.98. The Morgan fingerprint density at radius 2 is 1.96 bits per heavy atom. The van der Waals surface area contributed by atoms with E-state index in [0.29, 0.717) is 30.3 Å². The van der Waals surface area contributed by atoms with Crippen molar-refractivity contribution in [2.24, 2.45) is 0 Å². The summed E-state index contributed by atoms with van der Waals surface area (Å²) in [4.78, 5) is 0. The first kappa shape index (κ1) is 21.1. The highest BCUT2D eigenvalue weighted by Gasteiger charge is 2.41. The summed E-state index contributed by atoms with van der Waals surface area (Å²) in [7, 11) is 0. The van der Waals surface area contributed by atoms with Gasteiger partial charge in [0.05, 0.1) is 10.2 Å². The van der Waals surface area contributed by atoms with Crippen LogP contribution in [-0.4, -0.2) is 21.4 Å². The Bertz CT molecular complexity index is 829. The van der Waals surface area contributed by atoms with E-state index in [0.717, 1.165) is 24.9 Å². The fraction of sp³-hybridized carbons (Fsp3) is 0.474. The number of nitrogens with one attached hydrogen (secondary N) is 2. The van der Waals surface area contributed by atoms with Gasteiger partial charge in [-0.1, -0.05) is 19.1 Å². The minimum atomic E-state index is -4.45. The van der Waals surface area contributed by atoms with Gasteiger partial charge < -0.3 is 10.6 Å². The molecule has 4 nitrogen and oxygen atoms in total. The number of aryl methyl sites for hydroxylation is 2. The van der Waals surface area contributed by atoms with Gasteiger partial charge in [0.25, 0.3) is 0 Å². The van der Waals surface area contributed by atoms with E-state index in [-0.39, 0.29) is 10.4 Å². The molecule has 0 atom stereocenters. The second-order valence-electron chi connectivity index (χ2n) is 6.83. The zero-order valence-electron chi connectivity index (χ0n) is 15.4. The lowest BCUT2D eigenvalue weighted by molar-refractivity contribution is -0.142. The van der Waals surface area contributed by atoms with Gasteiger partial charge in [-0.05, 0) is 71.5 Å². The second-order valence-corrected chi connectivity index (χ2v) is 8.03. The summed E-state index contributed by atoms with van der Waals surface area (Å²) in [6, 6.07) is 8.01. The molecule has 1 aliphatic carbocycles. The summed E-state index contributed by atoms with van der Waals surface area (Å²) < 4.78 is 41.0. The van der Waals surface area contributed by atoms with Gasteiger partial charge in [0.15, 0.2) is 10.8 Å². The average Bonchev–Trinajstić information content (AvgIpc) is 3.41. The Hall–Kier alpha value is -1.61. The molecule has 1 saturated carbocycles. The van der Waals surface area contributed by atoms with Crippen LogP contribution in [0, 0.1) is 0 Å². The minimum Gasteiger partial charge on any atom is -0.362 e. The Balaban J connectivity index is 1.51. The van der Waals surface area contributed by atoms with E-state index < -0.39 is 11.9 Å². The van der Waals surface area contributed by atoms with Gasteiger partial charge in [0.2, 0.25) is 0 Å². The minimum absolute atomic E-state index is 0.0863. The molecule has 0 spiro atoms. The van der Waals surface area contributed by atoms with Crippen molar-refractivity contribution >= 4 is 38.9 Å². The fourth-order valence-corrected chi connectivity index (χ4v) is 4.03. The van der Waals surface area contributed by atoms with Gasteiger partial charge >= 0.3 is 6.18 Å². The highest BCUT2D eigenvalue weighted by atomic mass is 79.9. The van der Waals surface area contributed by atoms with Crippen LogP contribution in [0.25, 0.3) is 0 Å². The molecule has 2 N–H and O–H groups in total. The molecule has 1 fully saturated rings. The van der Waals surface area contributed by atoms with Crippen molar-refractivity contribution in [3.8, 4) is 0 Å². The van der Waals surface area contributed by atoms with Crippen LogP contribution in [0.15, 0.2) is 28.7 Å². The van der Waals surface area contributed by atoms with Crippen molar-refractivity contribution in [2.75, 3.05) is 11.9 Å². The number of hydrogen-bond acceptors (Lipinski definition) is 2. The Morgan fingerprint density at radius 3 is 2.54 bits per heavy atom. The first-order valence-corrected chi connectivity index (χ1v) is 10.5. The molecule has 9 heteroatoms. The average molecular weight is 475 g/mol. The van der Waals surface area contributed by atoms with Gasteiger partial charge in [-0.3, -0.25) is 4.68 Å². The molecule has 0 bridgehead atoms. The van der Waals surface area contributed by atoms with Gasteiger partial charge in [0.1, 0.15) is 0 Å². The number of rotatable bonds is 7. The van der Waals surface area contributed by atoms with Crippen molar-refractivity contribution < 1.29 is 13.2 Å². The molecule has 0 unspecified atom stereocenters. The second kappa shape index (κ2) is 8.82. The van der Waals surface area contributed by atoms with Crippen molar-refractivity contribution in [1.29, 1.82) is 0 Å². The zero-order chi connectivity index (χ0) is 20.3. The standard InChI is InChI=1S/C19H22BrF3N4S/c1-2-12-4-8-14(9-5-12)25-18(28)24-10-3-11-27-16(13-6-7-13)15(20)17(26-27)19(21,22)23/h4-5,8-9,13H,2-3,6-7,10-11H2,1H3,(H2,24,25,28). The number of hydrogen-bond donors (Lipinski definition) is 2. The molecule has 28 heavy (non-hydrogen) atoms. The molecular formula is C19H22BrF3N4S. The number of thiocarbonyl (C=S) groups is 1. The highest BCUT2D eigenvalue weighted by Crippen LogP contribution is 2.46. The van der Waals surface area contributed by atoms with Crippen molar-refractivity contribution in [2.45, 2.75) is 51.2 Å². The lowest BCUT2D eigenvalue weighted by atomic mass is 10.1. The van der Waals surface area contributed by atoms with E-state index in [1.807, 2.05) is 24.3 Å². The number of aromatic nitrogens is 2. The van der Waals surface area contributed by atoms with Crippen LogP contribution in [0.5, 0.6) is 0 Å². The third kappa shape index (κ3) is 5.26. The van der Waals surface area contributed by atoms with Crippen LogP contribution in [0.1, 0.15) is 49.1 Å². The van der Waals surface area contributed by atoms with Crippen molar-refractivity contribution in [1.82, 2.24) is 15.1 Å². The van der Waals surface area contributed by atoms with E-state index in [9.17, 15) is 13.2 Å². The van der Waals surface area contributed by atoms with Crippen molar-refractivity contribution in [3.05, 3.63) is 45.7 Å². The van der Waals surface area contributed by atoms with Gasteiger partial charge in [-0.2, -0.15) is 18.3 Å². The number of nitrogens with zero attached hydrogens (tertiary/aromatic N) is 2. The predicted octanol–water partition coefficient (Wildman–Crippen LogP) is 5.48. The maximum Gasteiger partial charge on any atom is 0.436 e. The normalized spacial score (nSPS) is 14.2. The summed E-state index contributed by atoms with van der Waals surface area (Å²) in [6.45, 7) is 3.04. The SMILES string of the molecule is CCc1ccc(NC(=S)NCCCn2nc(C(F)(F)F)c(Br)c2C2CC2)cc1. The molecule has 0 aliphatic heterocycles. The summed E-state index contributed by atoms with van der Waals surface area (Å²) in [5, 5.41) is 10.5. The van der Waals surface area contributed by atoms with E-state index in [4.69, 9.17) is 12.2 Å². The largest absolute Gasteiger partial charge is 0.436 e. The molecule has 1 aromatic heterocycles. The molecule has 3 rings (SSSR count). The Morgan fingerprint density at radius 1 is 1.29 bits per heavy atom. The summed E-state index contributed by atoms with van der Waals surface area (Å²) >= 11 is 8.39. The monoisotopic (exact) mass is 474 g/mol. The molecule has 2 aromatic rings. The van der Waals surface area contributed by atoms with Crippen LogP contribution in [-0.2, 0) is 19.1 Å². The van der Waals surface area contributed by atoms with Crippen LogP contribution >= 0.6 is 28.1 Å². The van der Waals surface area contributed by atoms with Crippen LogP contribution in [0.2, 0.25) is 0 Å². The van der Waals surface area contributed by atoms with Crippen molar-refractivity contribution in [3.63, 3.8) is 0 Å². The lowest BCUT2D eigenvalue weighted by Crippen LogP contribution is -2.29. The zero-order valence-corrected chi connectivity index (χ0v) is 17.8. The Kier molecular flexibility index (Phi) is 6.65. The molecule has 1 heterocycles. The first-order valence-electron chi connectivity index (χ1n) is 9.26. The smallest absolute Gasteiger partial charge is 0.362 e. The number of anilines is 1. The van der Waals surface area contributed by atoms with E-state index >= 15 is 0 Å². The number of alkyl halides is 3. The third-order valence-electron chi connectivity index (χ3n) is 4.62. The van der Waals surface area contributed by atoms with Crippen LogP contribution in [0.4, 0.5) is 18.9 Å². The maximum atomic E-state index is 13.1. The molecule has 1 aliphatic rings. The molecule has 1 aromatic carbocycles. The van der Waals surface area contributed by atoms with E-state index in [1.165, 1.54) is 10.2 Å². The summed E-state index contributed by atoms with van der Waals surface area (Å²) in [5.74, 6) is 0.166. The number of halogens is 4. The molecule has 0 amide bonds. The first-order chi connectivity index (χ1) is 13.3. The highest BCUT2D eigenvalue weighted by molar-refractivity contribution is 9.10. The topological polar surface area (TPSA) is 41.9 Å². The van der Waals surface area contributed by atoms with Gasteiger partial charge in [0, 0.05) is 24.7 Å². The molecule has 0 saturated heterocycles. The lowest BCUT2D eigenvalue weighted by Gasteiger charge is -2.12. The summed E-state index contributed by atoms with van der Waals surface area (Å²) in [5.41, 5.74) is 1.97. The quantitative estimate of drug-likeness (QED) is 0.411. The van der Waals surface area contributed by atoms with Crippen LogP contribution < -0.4 is 10.6 Å². The maximum absolute atomic E-state index is 13.1. The van der Waals surface area contributed by atoms with E-state index in [2.05, 4.69) is 38.6 Å². The molecular weight excluding hydrogens is 453 g/mol. The van der Waals surface area contributed by atoms with Gasteiger partial charge in [-0.15, -0.1) is 0 Å². The Labute approximate surface area is 176 Å². The predicted molar refractivity (Wildman–Crippen MR) is 112 cm³/mol. The van der Waals surface area contributed by atoms with E-state index in [1.54, 1.807) is 0 Å².